The van der Waals surface area contributed by atoms with Crippen LogP contribution in [-0.4, -0.2) is 110 Å². The third-order valence-electron chi connectivity index (χ3n) is 3.32. The predicted octanol–water partition coefficient (Wildman–Crippen LogP) is -1.06. The quantitative estimate of drug-likeness (QED) is 0.192. The van der Waals surface area contributed by atoms with Crippen LogP contribution in [0.1, 0.15) is 27.2 Å². The molecule has 10 nitrogen and oxygen atoms in total. The van der Waals surface area contributed by atoms with Gasteiger partial charge >= 0.3 is 0 Å². The molecule has 0 spiro atoms. The van der Waals surface area contributed by atoms with E-state index in [1.54, 1.807) is 6.92 Å². The van der Waals surface area contributed by atoms with Crippen LogP contribution in [0.25, 0.3) is 0 Å². The van der Waals surface area contributed by atoms with E-state index in [0.29, 0.717) is 6.61 Å². The van der Waals surface area contributed by atoms with Crippen LogP contribution in [0.2, 0.25) is 0 Å². The second-order valence-electron chi connectivity index (χ2n) is 6.14. The van der Waals surface area contributed by atoms with Crippen LogP contribution in [0.3, 0.4) is 0 Å². The van der Waals surface area contributed by atoms with Gasteiger partial charge in [-0.1, -0.05) is 13.8 Å². The Morgan fingerprint density at radius 2 is 1.11 bits per heavy atom. The number of hydrogen-bond acceptors (Lipinski definition) is 10. The van der Waals surface area contributed by atoms with E-state index in [-0.39, 0.29) is 51.5 Å². The summed E-state index contributed by atoms with van der Waals surface area (Å²) in [5.74, 6) is 0.180. The van der Waals surface area contributed by atoms with Gasteiger partial charge in [-0.25, -0.2) is 0 Å². The Kier molecular flexibility index (Phi) is 28.4. The second-order valence-corrected chi connectivity index (χ2v) is 6.14. The summed E-state index contributed by atoms with van der Waals surface area (Å²) in [7, 11) is 2.90. The Morgan fingerprint density at radius 3 is 1.32 bits per heavy atom. The van der Waals surface area contributed by atoms with Crippen LogP contribution >= 0.6 is 0 Å². The molecule has 0 aromatic heterocycles. The van der Waals surface area contributed by atoms with Gasteiger partial charge in [-0.3, -0.25) is 0 Å². The van der Waals surface area contributed by atoms with E-state index in [0.717, 1.165) is 6.42 Å². The smallest absolute Gasteiger partial charge is 0.180 e. The molecule has 0 heterocycles. The molecule has 10 heteroatoms. The van der Waals surface area contributed by atoms with Crippen molar-refractivity contribution in [2.45, 2.75) is 45.9 Å². The number of ether oxygens (including phenoxy) is 4. The maximum atomic E-state index is 8.73. The lowest BCUT2D eigenvalue weighted by atomic mass is 10.1. The molecular weight excluding hydrogens is 376 g/mol. The lowest BCUT2D eigenvalue weighted by Gasteiger charge is -2.15. The predicted molar refractivity (Wildman–Crippen MR) is 104 cm³/mol. The van der Waals surface area contributed by atoms with E-state index in [1.165, 1.54) is 14.2 Å². The van der Waals surface area contributed by atoms with E-state index in [4.69, 9.17) is 44.8 Å². The first-order chi connectivity index (χ1) is 13.3. The summed E-state index contributed by atoms with van der Waals surface area (Å²) in [6, 6.07) is 0. The fourth-order valence-corrected chi connectivity index (χ4v) is 1.28. The van der Waals surface area contributed by atoms with Crippen molar-refractivity contribution in [1.82, 2.24) is 0 Å². The molecule has 4 unspecified atom stereocenters. The lowest BCUT2D eigenvalue weighted by Crippen LogP contribution is -2.24. The number of methoxy groups -OCH3 is 2. The first-order valence-corrected chi connectivity index (χ1v) is 9.30. The largest absolute Gasteiger partial charge is 0.396 e. The van der Waals surface area contributed by atoms with Crippen molar-refractivity contribution in [3.05, 3.63) is 0 Å². The fourth-order valence-electron chi connectivity index (χ4n) is 1.28. The topological polar surface area (TPSA) is 158 Å². The molecule has 0 saturated heterocycles. The molecule has 0 radical (unpaired) electrons. The Balaban J connectivity index is -0.000000343. The van der Waals surface area contributed by atoms with Gasteiger partial charge in [0.15, 0.2) is 12.6 Å². The molecule has 28 heavy (non-hydrogen) atoms. The first kappa shape index (κ1) is 32.3. The maximum Gasteiger partial charge on any atom is 0.180 e. The average molecular weight is 419 g/mol. The Labute approximate surface area is 168 Å². The zero-order chi connectivity index (χ0) is 22.4. The summed E-state index contributed by atoms with van der Waals surface area (Å²) < 4.78 is 19.3. The van der Waals surface area contributed by atoms with Crippen molar-refractivity contribution in [2.24, 2.45) is 11.8 Å². The number of hydrogen-bond donors (Lipinski definition) is 6. The SMILES string of the molecule is CCC(CO)CO.COC(CO)OCC(C)CO.COC(CO)OCC(C)O. The van der Waals surface area contributed by atoms with Gasteiger partial charge in [0.1, 0.15) is 0 Å². The molecule has 0 rings (SSSR count). The highest BCUT2D eigenvalue weighted by Gasteiger charge is 2.07. The molecule has 6 N–H and O–H groups in total. The van der Waals surface area contributed by atoms with Crippen LogP contribution in [0.4, 0.5) is 0 Å². The summed E-state index contributed by atoms with van der Waals surface area (Å²) in [5, 5.41) is 51.2. The maximum absolute atomic E-state index is 8.73. The molecule has 0 aromatic rings. The van der Waals surface area contributed by atoms with Crippen molar-refractivity contribution in [3.8, 4) is 0 Å². The van der Waals surface area contributed by atoms with Crippen molar-refractivity contribution in [2.75, 3.05) is 60.5 Å². The summed E-state index contributed by atoms with van der Waals surface area (Å²) in [4.78, 5) is 0. The van der Waals surface area contributed by atoms with Crippen LogP contribution in [0.15, 0.2) is 0 Å². The summed E-state index contributed by atoms with van der Waals surface area (Å²) in [6.45, 7) is 5.92. The van der Waals surface area contributed by atoms with E-state index >= 15 is 0 Å². The Hall–Kier alpha value is -0.400. The van der Waals surface area contributed by atoms with E-state index in [1.807, 2.05) is 13.8 Å². The van der Waals surface area contributed by atoms with E-state index in [2.05, 4.69) is 4.74 Å². The van der Waals surface area contributed by atoms with Gasteiger partial charge in [-0.15, -0.1) is 0 Å². The molecular formula is C18H42O10. The standard InChI is InChI=1S/C7H16O4.C6H14O4.C5H12O2/c1-6(3-8)5-11-7(4-9)10-2;1-5(8)4-10-6(3-7)9-2;1-2-5(3-6)4-7/h6-9H,3-5H2,1-2H3;5-8H,3-4H2,1-2H3;5-7H,2-4H2,1H3. The van der Waals surface area contributed by atoms with Crippen LogP contribution < -0.4 is 0 Å². The molecule has 0 fully saturated rings. The molecule has 4 atom stereocenters. The third kappa shape index (κ3) is 23.6. The highest BCUT2D eigenvalue weighted by Crippen LogP contribution is 1.98. The summed E-state index contributed by atoms with van der Waals surface area (Å²) in [5.41, 5.74) is 0. The van der Waals surface area contributed by atoms with Crippen molar-refractivity contribution in [1.29, 1.82) is 0 Å². The van der Waals surface area contributed by atoms with Gasteiger partial charge in [0.2, 0.25) is 0 Å². The number of rotatable bonds is 14. The van der Waals surface area contributed by atoms with Gasteiger partial charge < -0.3 is 49.6 Å². The number of aliphatic hydroxyl groups is 6. The molecule has 0 amide bonds. The first-order valence-electron chi connectivity index (χ1n) is 9.30. The monoisotopic (exact) mass is 418 g/mol. The highest BCUT2D eigenvalue weighted by molar-refractivity contribution is 4.49. The average Bonchev–Trinajstić information content (AvgIpc) is 2.71. The van der Waals surface area contributed by atoms with Crippen molar-refractivity contribution < 1.29 is 49.6 Å². The second kappa shape index (κ2) is 24.6. The Bertz CT molecular complexity index is 264. The van der Waals surface area contributed by atoms with Gasteiger partial charge in [0, 0.05) is 45.9 Å². The molecule has 0 saturated carbocycles. The van der Waals surface area contributed by atoms with E-state index in [9.17, 15) is 0 Å². The molecule has 174 valence electrons. The minimum absolute atomic E-state index is 0.0826. The lowest BCUT2D eigenvalue weighted by molar-refractivity contribution is -0.158. The highest BCUT2D eigenvalue weighted by atomic mass is 16.7. The minimum Gasteiger partial charge on any atom is -0.396 e. The van der Waals surface area contributed by atoms with Gasteiger partial charge in [0.05, 0.1) is 32.5 Å². The molecule has 0 aromatic carbocycles. The molecule has 0 aliphatic heterocycles. The molecule has 0 bridgehead atoms. The van der Waals surface area contributed by atoms with Crippen LogP contribution in [-0.2, 0) is 18.9 Å². The fraction of sp³-hybridized carbons (Fsp3) is 1.00. The van der Waals surface area contributed by atoms with Crippen molar-refractivity contribution in [3.63, 3.8) is 0 Å². The van der Waals surface area contributed by atoms with Gasteiger partial charge in [-0.2, -0.15) is 0 Å². The van der Waals surface area contributed by atoms with Crippen LogP contribution in [0.5, 0.6) is 0 Å². The zero-order valence-corrected chi connectivity index (χ0v) is 17.9. The summed E-state index contributed by atoms with van der Waals surface area (Å²) >= 11 is 0. The van der Waals surface area contributed by atoms with Crippen LogP contribution in [0, 0.1) is 11.8 Å². The summed E-state index contributed by atoms with van der Waals surface area (Å²) in [6.07, 6.45) is -0.852. The van der Waals surface area contributed by atoms with Gasteiger partial charge in [0.25, 0.3) is 0 Å². The molecule has 0 aliphatic rings. The normalized spacial score (nSPS) is 15.0. The van der Waals surface area contributed by atoms with E-state index < -0.39 is 18.7 Å². The molecule has 0 aliphatic carbocycles. The number of aliphatic hydroxyl groups excluding tert-OH is 6. The van der Waals surface area contributed by atoms with Gasteiger partial charge in [-0.05, 0) is 13.3 Å². The Morgan fingerprint density at radius 1 is 0.679 bits per heavy atom. The zero-order valence-electron chi connectivity index (χ0n) is 17.9. The van der Waals surface area contributed by atoms with Crippen molar-refractivity contribution >= 4 is 0 Å². The third-order valence-corrected chi connectivity index (χ3v) is 3.32. The minimum atomic E-state index is -0.616.